The van der Waals surface area contributed by atoms with Crippen molar-refractivity contribution >= 4 is 0 Å². The van der Waals surface area contributed by atoms with Gasteiger partial charge < -0.3 is 11.0 Å². The second kappa shape index (κ2) is 123. The predicted molar refractivity (Wildman–Crippen MR) is 2.06 cm³/mol. The molecule has 26 valence electrons. The molecule has 0 heterocycles. The zero-order chi connectivity index (χ0) is 0. The molecule has 4 heteroatoms. The molecule has 4 heavy (non-hydrogen) atoms. The van der Waals surface area contributed by atoms with E-state index in [9.17, 15) is 0 Å². The van der Waals surface area contributed by atoms with Gasteiger partial charge >= 0.3 is 22.5 Å². The summed E-state index contributed by atoms with van der Waals surface area (Å²) in [7, 11) is 0. The fourth-order valence-corrected chi connectivity index (χ4v) is 0. The summed E-state index contributed by atoms with van der Waals surface area (Å²) in [5.74, 6) is 0. The third-order valence-electron chi connectivity index (χ3n) is 0. The van der Waals surface area contributed by atoms with Crippen LogP contribution in [0.3, 0.4) is 0 Å². The van der Waals surface area contributed by atoms with Gasteiger partial charge in [-0.15, -0.1) is 0 Å². The average Bonchev–Trinajstić information content (AvgIpc) is 0. The summed E-state index contributed by atoms with van der Waals surface area (Å²) < 4.78 is 0. The van der Waals surface area contributed by atoms with Crippen LogP contribution in [-0.4, -0.2) is 0 Å². The Balaban J connectivity index is 0. The molecule has 0 aliphatic carbocycles. The van der Waals surface area contributed by atoms with E-state index in [-0.39, 0.29) is 33.5 Å². The normalized spacial score (nSPS) is 0. The van der Waals surface area contributed by atoms with Gasteiger partial charge in [-0.05, 0) is 0 Å². The summed E-state index contributed by atoms with van der Waals surface area (Å²) in [6.07, 6.45) is 0. The van der Waals surface area contributed by atoms with Crippen LogP contribution in [0.4, 0.5) is 0 Å². The molecule has 0 aromatic rings. The fourth-order valence-electron chi connectivity index (χ4n) is 0. The van der Waals surface area contributed by atoms with Gasteiger partial charge in [0.05, 0.1) is 0 Å². The van der Waals surface area contributed by atoms with Gasteiger partial charge in [-0.1, -0.05) is 0 Å². The molecule has 0 fully saturated rings. The third kappa shape index (κ3) is 29.4. The van der Waals surface area contributed by atoms with Gasteiger partial charge in [0, 0.05) is 0 Å². The molecule has 0 unspecified atom stereocenters. The van der Waals surface area contributed by atoms with Gasteiger partial charge in [0.1, 0.15) is 0 Å². The average molecular weight is 104 g/mol. The van der Waals surface area contributed by atoms with E-state index in [1.54, 1.807) is 0 Å². The molecule has 0 N–H and O–H groups in total. The van der Waals surface area contributed by atoms with Crippen LogP contribution in [0, 0.1) is 0 Å². The van der Waals surface area contributed by atoms with Crippen LogP contribution in [0.5, 0.6) is 0 Å². The summed E-state index contributed by atoms with van der Waals surface area (Å²) in [4.78, 5) is 0. The third-order valence-corrected chi connectivity index (χ3v) is 0. The van der Waals surface area contributed by atoms with Crippen molar-refractivity contribution in [1.82, 2.24) is 0 Å². The number of hydrogen-bond acceptors (Lipinski definition) is 0. The second-order valence-electron chi connectivity index (χ2n) is 0. The summed E-state index contributed by atoms with van der Waals surface area (Å²) >= 11 is 0. The SMILES string of the molecule is [Fe+2].[O+2].[O-2].[O-2]. The van der Waals surface area contributed by atoms with Crippen LogP contribution < -0.4 is 0 Å². The molecule has 0 aromatic heterocycles. The van der Waals surface area contributed by atoms with E-state index in [0.717, 1.165) is 0 Å². The maximum absolute atomic E-state index is 0. The fraction of sp³-hybridized carbons (Fsp3) is 0. The Hall–Kier alpha value is 0.399. The van der Waals surface area contributed by atoms with Crippen LogP contribution in [0.1, 0.15) is 0 Å². The van der Waals surface area contributed by atoms with Crippen molar-refractivity contribution in [3.8, 4) is 0 Å². The maximum atomic E-state index is 0. The van der Waals surface area contributed by atoms with Crippen molar-refractivity contribution in [3.63, 3.8) is 0 Å². The molecule has 0 aliphatic heterocycles. The Labute approximate surface area is 34.4 Å². The van der Waals surface area contributed by atoms with E-state index in [0.29, 0.717) is 0 Å². The molecular formula is FeO3. The number of rotatable bonds is 0. The smallest absolute Gasteiger partial charge is 2.00 e. The minimum atomic E-state index is 0. The van der Waals surface area contributed by atoms with E-state index in [1.807, 2.05) is 0 Å². The molecule has 0 aromatic carbocycles. The topological polar surface area (TPSA) is 85.5 Å². The predicted octanol–water partition coefficient (Wildman–Crippen LogP) is -0.359. The minimum absolute atomic E-state index is 0. The van der Waals surface area contributed by atoms with Crippen molar-refractivity contribution in [1.29, 1.82) is 0 Å². The van der Waals surface area contributed by atoms with Crippen molar-refractivity contribution in [2.45, 2.75) is 0 Å². The zero-order valence-corrected chi connectivity index (χ0v) is 2.68. The summed E-state index contributed by atoms with van der Waals surface area (Å²) in [6, 6.07) is 0. The van der Waals surface area contributed by atoms with E-state index < -0.39 is 0 Å². The van der Waals surface area contributed by atoms with Crippen LogP contribution in [-0.2, 0) is 33.5 Å². The van der Waals surface area contributed by atoms with Crippen molar-refractivity contribution in [2.24, 2.45) is 0 Å². The standard InChI is InChI=1S/Fe.3O/q+2;2*-2;+2. The van der Waals surface area contributed by atoms with E-state index in [4.69, 9.17) is 0 Å². The Morgan fingerprint density at radius 3 is 0.750 bits per heavy atom. The van der Waals surface area contributed by atoms with Crippen molar-refractivity contribution in [3.05, 3.63) is 0 Å². The first-order valence-corrected chi connectivity index (χ1v) is 0. The van der Waals surface area contributed by atoms with Crippen LogP contribution in [0.25, 0.3) is 0 Å². The summed E-state index contributed by atoms with van der Waals surface area (Å²) in [5.41, 5.74) is 0. The first-order valence-electron chi connectivity index (χ1n) is 0. The summed E-state index contributed by atoms with van der Waals surface area (Å²) in [5, 5.41) is 0. The van der Waals surface area contributed by atoms with Gasteiger partial charge in [-0.2, -0.15) is 0 Å². The van der Waals surface area contributed by atoms with E-state index >= 15 is 0 Å². The molecular weight excluding hydrogens is 104 g/mol. The zero-order valence-electron chi connectivity index (χ0n) is 1.58. The van der Waals surface area contributed by atoms with Crippen LogP contribution in [0.15, 0.2) is 0 Å². The first kappa shape index (κ1) is 319. The van der Waals surface area contributed by atoms with Crippen molar-refractivity contribution < 1.29 is 33.5 Å². The molecule has 0 rings (SSSR count). The minimum Gasteiger partial charge on any atom is -2.00 e. The molecule has 0 aliphatic rings. The molecule has 0 spiro atoms. The molecule has 3 nitrogen and oxygen atoms in total. The van der Waals surface area contributed by atoms with Gasteiger partial charge in [0.25, 0.3) is 0 Å². The Morgan fingerprint density at radius 1 is 0.750 bits per heavy atom. The molecule has 0 saturated carbocycles. The molecule has 4 radical (unpaired) electrons. The maximum Gasteiger partial charge on any atom is 2.00 e. The van der Waals surface area contributed by atoms with Crippen molar-refractivity contribution in [2.75, 3.05) is 0 Å². The van der Waals surface area contributed by atoms with Gasteiger partial charge in [0.2, 0.25) is 0 Å². The van der Waals surface area contributed by atoms with E-state index in [1.165, 1.54) is 0 Å². The Morgan fingerprint density at radius 2 is 0.750 bits per heavy atom. The molecule has 0 bridgehead atoms. The first-order chi connectivity index (χ1) is 0. The monoisotopic (exact) mass is 104 g/mol. The van der Waals surface area contributed by atoms with E-state index in [2.05, 4.69) is 0 Å². The van der Waals surface area contributed by atoms with Gasteiger partial charge in [-0.25, -0.2) is 0 Å². The Kier molecular flexibility index (Phi) is 9770. The second-order valence-corrected chi connectivity index (χ2v) is 0. The van der Waals surface area contributed by atoms with Gasteiger partial charge in [-0.3, -0.25) is 0 Å². The quantitative estimate of drug-likeness (QED) is 0.375. The van der Waals surface area contributed by atoms with Crippen LogP contribution in [0.2, 0.25) is 0 Å². The number of hydrogen-bond donors (Lipinski definition) is 0. The van der Waals surface area contributed by atoms with Gasteiger partial charge in [0.15, 0.2) is 0 Å². The summed E-state index contributed by atoms with van der Waals surface area (Å²) in [6.45, 7) is 0. The molecule has 0 saturated heterocycles. The Bertz CT molecular complexity index is 3.25. The largest absolute Gasteiger partial charge is 2.00 e. The van der Waals surface area contributed by atoms with Crippen LogP contribution >= 0.6 is 0 Å². The molecule has 0 atom stereocenters. The molecule has 0 amide bonds.